The van der Waals surface area contributed by atoms with Crippen molar-refractivity contribution in [3.05, 3.63) is 35.0 Å². The summed E-state index contributed by atoms with van der Waals surface area (Å²) in [5, 5.41) is 8.61. The molecule has 0 aliphatic carbocycles. The summed E-state index contributed by atoms with van der Waals surface area (Å²) in [5.74, 6) is -0.172. The van der Waals surface area contributed by atoms with E-state index in [4.69, 9.17) is 5.11 Å². The maximum Gasteiger partial charge on any atom is 0.303 e. The predicted octanol–water partition coefficient (Wildman–Crippen LogP) is 2.25. The Morgan fingerprint density at radius 3 is 2.76 bits per heavy atom. The van der Waals surface area contributed by atoms with Crippen LogP contribution in [0.15, 0.2) is 29.1 Å². The summed E-state index contributed by atoms with van der Waals surface area (Å²) in [6, 6.07) is 3.70. The zero-order valence-corrected chi connectivity index (χ0v) is 10.4. The molecule has 0 radical (unpaired) electrons. The van der Waals surface area contributed by atoms with Crippen molar-refractivity contribution in [2.75, 3.05) is 0 Å². The summed E-state index contributed by atoms with van der Waals surface area (Å²) >= 11 is 3.37. The number of carboxylic acid groups (broad SMARTS) is 1. The molecule has 6 heteroatoms. The summed E-state index contributed by atoms with van der Waals surface area (Å²) in [5.41, 5.74) is 1.71. The fourth-order valence-corrected chi connectivity index (χ4v) is 1.99. The molecule has 0 aliphatic rings. The first kappa shape index (κ1) is 11.8. The molecular weight excluding hydrogens is 286 g/mol. The van der Waals surface area contributed by atoms with E-state index in [0.717, 1.165) is 15.9 Å². The van der Waals surface area contributed by atoms with Crippen LogP contribution in [0.5, 0.6) is 0 Å². The third-order valence-electron chi connectivity index (χ3n) is 2.24. The average molecular weight is 296 g/mol. The molecule has 2 heterocycles. The number of carboxylic acids is 1. The van der Waals surface area contributed by atoms with Gasteiger partial charge in [0.1, 0.15) is 16.1 Å². The van der Waals surface area contributed by atoms with E-state index in [2.05, 4.69) is 30.9 Å². The van der Waals surface area contributed by atoms with Crippen LogP contribution in [0, 0.1) is 0 Å². The number of aromatic amines is 1. The van der Waals surface area contributed by atoms with Crippen LogP contribution in [0.1, 0.15) is 12.2 Å². The van der Waals surface area contributed by atoms with Crippen molar-refractivity contribution in [3.8, 4) is 11.3 Å². The normalized spacial score (nSPS) is 10.4. The smallest absolute Gasteiger partial charge is 0.303 e. The molecule has 0 amide bonds. The number of nitrogens with zero attached hydrogens (tertiary/aromatic N) is 2. The van der Waals surface area contributed by atoms with Gasteiger partial charge in [-0.2, -0.15) is 0 Å². The van der Waals surface area contributed by atoms with Gasteiger partial charge in [-0.25, -0.2) is 4.98 Å². The van der Waals surface area contributed by atoms with Crippen molar-refractivity contribution in [1.29, 1.82) is 0 Å². The van der Waals surface area contributed by atoms with Gasteiger partial charge < -0.3 is 10.1 Å². The van der Waals surface area contributed by atoms with Crippen LogP contribution in [0.3, 0.4) is 0 Å². The molecule has 5 nitrogen and oxygen atoms in total. The number of nitrogens with one attached hydrogen (secondary N) is 1. The highest BCUT2D eigenvalue weighted by Gasteiger charge is 2.10. The lowest BCUT2D eigenvalue weighted by atomic mass is 10.2. The van der Waals surface area contributed by atoms with E-state index in [1.807, 2.05) is 12.1 Å². The molecule has 17 heavy (non-hydrogen) atoms. The van der Waals surface area contributed by atoms with Crippen LogP contribution in [-0.2, 0) is 11.2 Å². The fourth-order valence-electron chi connectivity index (χ4n) is 1.44. The zero-order valence-electron chi connectivity index (χ0n) is 8.85. The lowest BCUT2D eigenvalue weighted by Crippen LogP contribution is -1.98. The van der Waals surface area contributed by atoms with Gasteiger partial charge in [-0.15, -0.1) is 0 Å². The van der Waals surface area contributed by atoms with Gasteiger partial charge in [0.2, 0.25) is 0 Å². The Morgan fingerprint density at radius 2 is 2.12 bits per heavy atom. The number of hydrogen-bond acceptors (Lipinski definition) is 3. The van der Waals surface area contributed by atoms with E-state index in [1.165, 1.54) is 0 Å². The van der Waals surface area contributed by atoms with E-state index in [1.54, 1.807) is 12.4 Å². The number of aryl methyl sites for hydroxylation is 1. The first-order chi connectivity index (χ1) is 8.16. The molecule has 0 unspecified atom stereocenters. The van der Waals surface area contributed by atoms with Crippen LogP contribution >= 0.6 is 15.9 Å². The molecule has 0 atom stereocenters. The minimum Gasteiger partial charge on any atom is -0.481 e. The van der Waals surface area contributed by atoms with Gasteiger partial charge in [-0.3, -0.25) is 9.78 Å². The molecule has 0 saturated heterocycles. The fraction of sp³-hybridized carbons (Fsp3) is 0.182. The van der Waals surface area contributed by atoms with Crippen LogP contribution in [-0.4, -0.2) is 26.0 Å². The summed E-state index contributed by atoms with van der Waals surface area (Å²) in [7, 11) is 0. The van der Waals surface area contributed by atoms with Crippen LogP contribution in [0.4, 0.5) is 0 Å². The van der Waals surface area contributed by atoms with Crippen molar-refractivity contribution >= 4 is 21.9 Å². The molecule has 88 valence electrons. The summed E-state index contributed by atoms with van der Waals surface area (Å²) in [6.07, 6.45) is 3.83. The summed E-state index contributed by atoms with van der Waals surface area (Å²) in [4.78, 5) is 21.8. The molecule has 2 aromatic heterocycles. The van der Waals surface area contributed by atoms with Crippen molar-refractivity contribution < 1.29 is 9.90 Å². The molecule has 0 bridgehead atoms. The van der Waals surface area contributed by atoms with Crippen LogP contribution in [0.25, 0.3) is 11.3 Å². The lowest BCUT2D eigenvalue weighted by Gasteiger charge is -1.95. The van der Waals surface area contributed by atoms with E-state index >= 15 is 0 Å². The van der Waals surface area contributed by atoms with Crippen LogP contribution in [0.2, 0.25) is 0 Å². The number of pyridine rings is 1. The monoisotopic (exact) mass is 295 g/mol. The number of carbonyl (C=O) groups is 1. The topological polar surface area (TPSA) is 78.9 Å². The Balaban J connectivity index is 2.22. The Labute approximate surface area is 106 Å². The zero-order chi connectivity index (χ0) is 12.3. The molecule has 0 fully saturated rings. The van der Waals surface area contributed by atoms with E-state index < -0.39 is 5.97 Å². The number of rotatable bonds is 4. The Hall–Kier alpha value is -1.69. The number of aromatic nitrogens is 3. The van der Waals surface area contributed by atoms with E-state index in [0.29, 0.717) is 12.2 Å². The van der Waals surface area contributed by atoms with Crippen molar-refractivity contribution in [2.24, 2.45) is 0 Å². The van der Waals surface area contributed by atoms with Gasteiger partial charge >= 0.3 is 5.97 Å². The number of H-pyrrole nitrogens is 1. The Kier molecular flexibility index (Phi) is 3.53. The standard InChI is InChI=1S/C11H10BrN3O2/c12-11-10(7-3-5-13-6-4-7)14-8(15-11)1-2-9(16)17/h3-6H,1-2H2,(H,14,15)(H,16,17). The molecule has 0 aromatic carbocycles. The first-order valence-corrected chi connectivity index (χ1v) is 5.82. The van der Waals surface area contributed by atoms with Gasteiger partial charge in [-0.1, -0.05) is 0 Å². The maximum absolute atomic E-state index is 10.5. The molecule has 2 rings (SSSR count). The number of imidazole rings is 1. The van der Waals surface area contributed by atoms with Gasteiger partial charge in [0.05, 0.1) is 6.42 Å². The number of halogens is 1. The highest BCUT2D eigenvalue weighted by Crippen LogP contribution is 2.25. The molecule has 2 N–H and O–H groups in total. The SMILES string of the molecule is O=C(O)CCc1nc(-c2ccncc2)c(Br)[nH]1. The predicted molar refractivity (Wildman–Crippen MR) is 65.5 cm³/mol. The molecule has 0 saturated carbocycles. The minimum absolute atomic E-state index is 0.0652. The Bertz CT molecular complexity index is 525. The van der Waals surface area contributed by atoms with E-state index in [-0.39, 0.29) is 6.42 Å². The van der Waals surface area contributed by atoms with Crippen molar-refractivity contribution in [2.45, 2.75) is 12.8 Å². The molecule has 0 aliphatic heterocycles. The quantitative estimate of drug-likeness (QED) is 0.907. The molecular formula is C11H10BrN3O2. The summed E-state index contributed by atoms with van der Waals surface area (Å²) < 4.78 is 0.754. The highest BCUT2D eigenvalue weighted by atomic mass is 79.9. The summed E-state index contributed by atoms with van der Waals surface area (Å²) in [6.45, 7) is 0. The van der Waals surface area contributed by atoms with Crippen molar-refractivity contribution in [1.82, 2.24) is 15.0 Å². The minimum atomic E-state index is -0.831. The number of hydrogen-bond donors (Lipinski definition) is 2. The van der Waals surface area contributed by atoms with Crippen molar-refractivity contribution in [3.63, 3.8) is 0 Å². The second-order valence-electron chi connectivity index (χ2n) is 3.48. The van der Waals surface area contributed by atoms with Gasteiger partial charge in [0, 0.05) is 24.4 Å². The van der Waals surface area contributed by atoms with Gasteiger partial charge in [0.15, 0.2) is 0 Å². The Morgan fingerprint density at radius 1 is 1.41 bits per heavy atom. The average Bonchev–Trinajstić information content (AvgIpc) is 2.69. The second kappa shape index (κ2) is 5.09. The largest absolute Gasteiger partial charge is 0.481 e. The molecule has 2 aromatic rings. The third-order valence-corrected chi connectivity index (χ3v) is 2.81. The first-order valence-electron chi connectivity index (χ1n) is 5.03. The maximum atomic E-state index is 10.5. The lowest BCUT2D eigenvalue weighted by molar-refractivity contribution is -0.137. The van der Waals surface area contributed by atoms with Gasteiger partial charge in [0.25, 0.3) is 0 Å². The second-order valence-corrected chi connectivity index (χ2v) is 4.27. The highest BCUT2D eigenvalue weighted by molar-refractivity contribution is 9.10. The third kappa shape index (κ3) is 2.91. The number of aliphatic carboxylic acids is 1. The molecule has 0 spiro atoms. The van der Waals surface area contributed by atoms with Gasteiger partial charge in [-0.05, 0) is 28.1 Å². The van der Waals surface area contributed by atoms with E-state index in [9.17, 15) is 4.79 Å². The van der Waals surface area contributed by atoms with Crippen LogP contribution < -0.4 is 0 Å².